The molecular formula is C16H17N3O3. The minimum atomic E-state index is -0.234. The summed E-state index contributed by atoms with van der Waals surface area (Å²) in [5.41, 5.74) is 2.40. The van der Waals surface area contributed by atoms with Gasteiger partial charge in [-0.25, -0.2) is 0 Å². The maximum Gasteiger partial charge on any atom is 0.256 e. The van der Waals surface area contributed by atoms with Crippen LogP contribution in [-0.4, -0.2) is 30.6 Å². The van der Waals surface area contributed by atoms with E-state index in [1.54, 1.807) is 18.9 Å². The average molecular weight is 299 g/mol. The number of benzene rings is 1. The van der Waals surface area contributed by atoms with Gasteiger partial charge in [0.05, 0.1) is 6.20 Å². The minimum absolute atomic E-state index is 0.0241. The van der Waals surface area contributed by atoms with Gasteiger partial charge in [0.15, 0.2) is 0 Å². The van der Waals surface area contributed by atoms with Gasteiger partial charge in [-0.2, -0.15) is 0 Å². The van der Waals surface area contributed by atoms with Crippen molar-refractivity contribution in [2.75, 3.05) is 18.5 Å². The third kappa shape index (κ3) is 2.47. The van der Waals surface area contributed by atoms with E-state index in [0.717, 1.165) is 11.3 Å². The van der Waals surface area contributed by atoms with Gasteiger partial charge in [-0.05, 0) is 18.6 Å². The fraction of sp³-hybridized carbons (Fsp3) is 0.312. The molecule has 1 aromatic carbocycles. The molecule has 0 fully saturated rings. The second kappa shape index (κ2) is 5.63. The highest BCUT2D eigenvalue weighted by molar-refractivity contribution is 5.97. The van der Waals surface area contributed by atoms with Crippen LogP contribution in [0.1, 0.15) is 34.0 Å². The van der Waals surface area contributed by atoms with E-state index in [2.05, 4.69) is 10.5 Å². The van der Waals surface area contributed by atoms with Crippen LogP contribution in [-0.2, 0) is 4.79 Å². The van der Waals surface area contributed by atoms with E-state index < -0.39 is 0 Å². The summed E-state index contributed by atoms with van der Waals surface area (Å²) >= 11 is 0. The standard InChI is InChI=1S/C16H17N3O3/c1-10-13(9-18-22-10)16(21)17-8-11-7-15(20)19(2)14-6-4-3-5-12(11)14/h3-6,9,11H,7-8H2,1-2H3,(H,17,21). The van der Waals surface area contributed by atoms with Gasteiger partial charge in [-0.15, -0.1) is 0 Å². The first kappa shape index (κ1) is 14.3. The lowest BCUT2D eigenvalue weighted by atomic mass is 9.89. The Balaban J connectivity index is 1.76. The number of carbonyl (C=O) groups is 2. The molecule has 1 aromatic heterocycles. The molecule has 2 heterocycles. The van der Waals surface area contributed by atoms with Crippen LogP contribution in [0.15, 0.2) is 35.0 Å². The van der Waals surface area contributed by atoms with Gasteiger partial charge in [0, 0.05) is 31.6 Å². The smallest absolute Gasteiger partial charge is 0.256 e. The quantitative estimate of drug-likeness (QED) is 0.938. The van der Waals surface area contributed by atoms with Gasteiger partial charge in [-0.3, -0.25) is 9.59 Å². The van der Waals surface area contributed by atoms with Crippen LogP contribution >= 0.6 is 0 Å². The van der Waals surface area contributed by atoms with E-state index in [0.29, 0.717) is 24.3 Å². The Hall–Kier alpha value is -2.63. The van der Waals surface area contributed by atoms with E-state index in [9.17, 15) is 9.59 Å². The molecule has 0 radical (unpaired) electrons. The highest BCUT2D eigenvalue weighted by atomic mass is 16.5. The highest BCUT2D eigenvalue weighted by Crippen LogP contribution is 2.34. The van der Waals surface area contributed by atoms with Gasteiger partial charge >= 0.3 is 0 Å². The van der Waals surface area contributed by atoms with Crippen molar-refractivity contribution in [3.05, 3.63) is 47.3 Å². The number of carbonyl (C=O) groups excluding carboxylic acids is 2. The third-order valence-electron chi connectivity index (χ3n) is 4.04. The van der Waals surface area contributed by atoms with Crippen molar-refractivity contribution in [3.8, 4) is 0 Å². The number of nitrogens with zero attached hydrogens (tertiary/aromatic N) is 2. The molecule has 1 unspecified atom stereocenters. The summed E-state index contributed by atoms with van der Waals surface area (Å²) in [4.78, 5) is 25.9. The summed E-state index contributed by atoms with van der Waals surface area (Å²) in [5.74, 6) is 0.281. The third-order valence-corrected chi connectivity index (χ3v) is 4.04. The van der Waals surface area contributed by atoms with Crippen LogP contribution in [0, 0.1) is 6.92 Å². The number of anilines is 1. The molecule has 22 heavy (non-hydrogen) atoms. The topological polar surface area (TPSA) is 75.4 Å². The van der Waals surface area contributed by atoms with Gasteiger partial charge in [0.1, 0.15) is 11.3 Å². The Morgan fingerprint density at radius 2 is 2.23 bits per heavy atom. The number of fused-ring (bicyclic) bond motifs is 1. The summed E-state index contributed by atoms with van der Waals surface area (Å²) in [5, 5.41) is 6.46. The van der Waals surface area contributed by atoms with Crippen LogP contribution in [0.5, 0.6) is 0 Å². The van der Waals surface area contributed by atoms with Gasteiger partial charge in [0.2, 0.25) is 5.91 Å². The molecule has 0 saturated carbocycles. The molecule has 0 aliphatic carbocycles. The molecule has 6 nitrogen and oxygen atoms in total. The lowest BCUT2D eigenvalue weighted by Gasteiger charge is -2.31. The Morgan fingerprint density at radius 1 is 1.45 bits per heavy atom. The predicted octanol–water partition coefficient (Wildman–Crippen LogP) is 1.86. The fourth-order valence-corrected chi connectivity index (χ4v) is 2.74. The number of nitrogens with one attached hydrogen (secondary N) is 1. The Morgan fingerprint density at radius 3 is 2.95 bits per heavy atom. The second-order valence-corrected chi connectivity index (χ2v) is 5.42. The van der Waals surface area contributed by atoms with E-state index in [1.165, 1.54) is 6.20 Å². The normalized spacial score (nSPS) is 17.3. The zero-order valence-electron chi connectivity index (χ0n) is 12.5. The Labute approximate surface area is 128 Å². The number of hydrogen-bond donors (Lipinski definition) is 1. The Kier molecular flexibility index (Phi) is 3.66. The first-order chi connectivity index (χ1) is 10.6. The monoisotopic (exact) mass is 299 g/mol. The molecule has 2 amide bonds. The van der Waals surface area contributed by atoms with E-state index in [1.807, 2.05) is 24.3 Å². The number of amides is 2. The number of rotatable bonds is 3. The van der Waals surface area contributed by atoms with Crippen molar-refractivity contribution in [2.24, 2.45) is 0 Å². The molecule has 0 bridgehead atoms. The molecular weight excluding hydrogens is 282 g/mol. The number of aryl methyl sites for hydroxylation is 1. The van der Waals surface area contributed by atoms with Crippen LogP contribution in [0.25, 0.3) is 0 Å². The van der Waals surface area contributed by atoms with E-state index in [4.69, 9.17) is 4.52 Å². The largest absolute Gasteiger partial charge is 0.361 e. The maximum absolute atomic E-state index is 12.1. The van der Waals surface area contributed by atoms with Crippen molar-refractivity contribution >= 4 is 17.5 Å². The maximum atomic E-state index is 12.1. The molecule has 6 heteroatoms. The zero-order valence-corrected chi connectivity index (χ0v) is 12.5. The van der Waals surface area contributed by atoms with Crippen LogP contribution in [0.3, 0.4) is 0 Å². The lowest BCUT2D eigenvalue weighted by molar-refractivity contribution is -0.119. The van der Waals surface area contributed by atoms with Crippen molar-refractivity contribution in [1.29, 1.82) is 0 Å². The summed E-state index contributed by atoms with van der Waals surface area (Å²) < 4.78 is 4.89. The molecule has 114 valence electrons. The molecule has 1 atom stereocenters. The lowest BCUT2D eigenvalue weighted by Crippen LogP contribution is -2.37. The zero-order chi connectivity index (χ0) is 15.7. The number of hydrogen-bond acceptors (Lipinski definition) is 4. The van der Waals surface area contributed by atoms with Crippen molar-refractivity contribution in [3.63, 3.8) is 0 Å². The second-order valence-electron chi connectivity index (χ2n) is 5.42. The SMILES string of the molecule is Cc1oncc1C(=O)NCC1CC(=O)N(C)c2ccccc21. The number of para-hydroxylation sites is 1. The van der Waals surface area contributed by atoms with Gasteiger partial charge < -0.3 is 14.7 Å². The molecule has 2 aromatic rings. The molecule has 1 aliphatic rings. The van der Waals surface area contributed by atoms with Crippen molar-refractivity contribution in [1.82, 2.24) is 10.5 Å². The Bertz CT molecular complexity index is 723. The first-order valence-corrected chi connectivity index (χ1v) is 7.13. The summed E-state index contributed by atoms with van der Waals surface area (Å²) in [6.07, 6.45) is 1.79. The highest BCUT2D eigenvalue weighted by Gasteiger charge is 2.29. The minimum Gasteiger partial charge on any atom is -0.361 e. The summed E-state index contributed by atoms with van der Waals surface area (Å²) in [7, 11) is 1.77. The average Bonchev–Trinajstić information content (AvgIpc) is 2.95. The van der Waals surface area contributed by atoms with Crippen molar-refractivity contribution < 1.29 is 14.1 Å². The van der Waals surface area contributed by atoms with E-state index >= 15 is 0 Å². The molecule has 0 spiro atoms. The molecule has 0 saturated heterocycles. The molecule has 3 rings (SSSR count). The predicted molar refractivity (Wildman–Crippen MR) is 80.8 cm³/mol. The fourth-order valence-electron chi connectivity index (χ4n) is 2.74. The van der Waals surface area contributed by atoms with Crippen LogP contribution < -0.4 is 10.2 Å². The van der Waals surface area contributed by atoms with Crippen LogP contribution in [0.4, 0.5) is 5.69 Å². The summed E-state index contributed by atoms with van der Waals surface area (Å²) in [6, 6.07) is 7.77. The van der Waals surface area contributed by atoms with Crippen LogP contribution in [0.2, 0.25) is 0 Å². The molecule has 1 N–H and O–H groups in total. The van der Waals surface area contributed by atoms with E-state index in [-0.39, 0.29) is 17.7 Å². The summed E-state index contributed by atoms with van der Waals surface area (Å²) in [6.45, 7) is 2.09. The number of aromatic nitrogens is 1. The van der Waals surface area contributed by atoms with Gasteiger partial charge in [0.25, 0.3) is 5.91 Å². The van der Waals surface area contributed by atoms with Crippen molar-refractivity contribution in [2.45, 2.75) is 19.3 Å². The van der Waals surface area contributed by atoms with Gasteiger partial charge in [-0.1, -0.05) is 23.4 Å². The first-order valence-electron chi connectivity index (χ1n) is 7.13. The molecule has 1 aliphatic heterocycles.